The van der Waals surface area contributed by atoms with Crippen molar-refractivity contribution in [3.05, 3.63) is 53.8 Å². The Morgan fingerprint density at radius 1 is 1.15 bits per heavy atom. The summed E-state index contributed by atoms with van der Waals surface area (Å²) in [5, 5.41) is 6.46. The molecule has 0 saturated carbocycles. The van der Waals surface area contributed by atoms with Crippen molar-refractivity contribution in [2.75, 3.05) is 11.1 Å². The molecule has 2 aromatic rings. The fourth-order valence-corrected chi connectivity index (χ4v) is 3.39. The van der Waals surface area contributed by atoms with Crippen LogP contribution in [0.1, 0.15) is 12.0 Å². The monoisotopic (exact) mass is 399 g/mol. The number of hydrogen-bond donors (Lipinski definition) is 2. The van der Waals surface area contributed by atoms with E-state index >= 15 is 0 Å². The number of benzene rings is 2. The van der Waals surface area contributed by atoms with Gasteiger partial charge in [0.25, 0.3) is 0 Å². The van der Waals surface area contributed by atoms with Crippen LogP contribution in [-0.2, 0) is 0 Å². The number of ether oxygens (including phenoxy) is 1. The molecule has 27 heavy (non-hydrogen) atoms. The van der Waals surface area contributed by atoms with E-state index in [-0.39, 0.29) is 5.69 Å². The number of hydrogen-bond acceptors (Lipinski definition) is 4. The Labute approximate surface area is 155 Å². The third-order valence-corrected chi connectivity index (χ3v) is 4.56. The van der Waals surface area contributed by atoms with Gasteiger partial charge in [-0.25, -0.2) is 14.6 Å². The molecule has 0 spiro atoms. The van der Waals surface area contributed by atoms with Gasteiger partial charge in [-0.1, -0.05) is 0 Å². The SMILES string of the molecule is O=C(N/N=C1\CCSc2ccc(F)cc21)Nc1ccc(OC(F)(F)F)cc1. The van der Waals surface area contributed by atoms with Gasteiger partial charge in [-0.15, -0.1) is 24.9 Å². The molecule has 0 aliphatic carbocycles. The molecule has 2 N–H and O–H groups in total. The van der Waals surface area contributed by atoms with E-state index < -0.39 is 24.0 Å². The number of alkyl halides is 3. The van der Waals surface area contributed by atoms with Gasteiger partial charge in [0.05, 0.1) is 5.71 Å². The van der Waals surface area contributed by atoms with Crippen molar-refractivity contribution in [3.8, 4) is 5.75 Å². The molecule has 1 aliphatic rings. The molecular formula is C17H13F4N3O2S. The van der Waals surface area contributed by atoms with E-state index in [1.165, 1.54) is 24.3 Å². The summed E-state index contributed by atoms with van der Waals surface area (Å²) < 4.78 is 53.5. The molecule has 2 aromatic carbocycles. The van der Waals surface area contributed by atoms with Gasteiger partial charge in [-0.2, -0.15) is 5.10 Å². The molecule has 142 valence electrons. The summed E-state index contributed by atoms with van der Waals surface area (Å²) >= 11 is 1.58. The first-order chi connectivity index (χ1) is 12.8. The number of carbonyl (C=O) groups is 1. The van der Waals surface area contributed by atoms with Crippen LogP contribution in [0.25, 0.3) is 0 Å². The lowest BCUT2D eigenvalue weighted by atomic mass is 10.1. The molecule has 3 rings (SSSR count). The first-order valence-corrected chi connectivity index (χ1v) is 8.71. The topological polar surface area (TPSA) is 62.7 Å². The van der Waals surface area contributed by atoms with Crippen LogP contribution in [0.5, 0.6) is 5.75 Å². The maximum atomic E-state index is 13.4. The van der Waals surface area contributed by atoms with Crippen molar-refractivity contribution >= 4 is 29.2 Å². The highest BCUT2D eigenvalue weighted by molar-refractivity contribution is 7.99. The second-order valence-corrected chi connectivity index (χ2v) is 6.57. The number of nitrogens with zero attached hydrogens (tertiary/aromatic N) is 1. The quantitative estimate of drug-likeness (QED) is 0.579. The minimum absolute atomic E-state index is 0.257. The summed E-state index contributed by atoms with van der Waals surface area (Å²) in [4.78, 5) is 12.8. The van der Waals surface area contributed by atoms with Crippen LogP contribution in [-0.4, -0.2) is 23.9 Å². The Bertz CT molecular complexity index is 869. The summed E-state index contributed by atoms with van der Waals surface area (Å²) in [5.41, 5.74) is 3.74. The van der Waals surface area contributed by atoms with Crippen LogP contribution in [0, 0.1) is 5.82 Å². The highest BCUT2D eigenvalue weighted by Crippen LogP contribution is 2.30. The maximum absolute atomic E-state index is 13.4. The Kier molecular flexibility index (Phi) is 5.54. The number of carbonyl (C=O) groups excluding carboxylic acids is 1. The zero-order valence-corrected chi connectivity index (χ0v) is 14.5. The number of halogens is 4. The van der Waals surface area contributed by atoms with Gasteiger partial charge in [0.15, 0.2) is 0 Å². The van der Waals surface area contributed by atoms with Crippen molar-refractivity contribution in [1.82, 2.24) is 5.43 Å². The highest BCUT2D eigenvalue weighted by atomic mass is 32.2. The van der Waals surface area contributed by atoms with Crippen LogP contribution in [0.15, 0.2) is 52.5 Å². The molecule has 0 unspecified atom stereocenters. The van der Waals surface area contributed by atoms with Crippen LogP contribution in [0.3, 0.4) is 0 Å². The molecule has 1 aliphatic heterocycles. The minimum Gasteiger partial charge on any atom is -0.406 e. The number of anilines is 1. The zero-order valence-electron chi connectivity index (χ0n) is 13.6. The summed E-state index contributed by atoms with van der Waals surface area (Å²) in [5.74, 6) is -0.0388. The lowest BCUT2D eigenvalue weighted by Crippen LogP contribution is -2.26. The lowest BCUT2D eigenvalue weighted by molar-refractivity contribution is -0.274. The second kappa shape index (κ2) is 7.87. The number of hydrazone groups is 1. The van der Waals surface area contributed by atoms with Crippen molar-refractivity contribution in [2.24, 2.45) is 5.10 Å². The molecule has 1 heterocycles. The van der Waals surface area contributed by atoms with Crippen LogP contribution >= 0.6 is 11.8 Å². The molecule has 0 radical (unpaired) electrons. The summed E-state index contributed by atoms with van der Waals surface area (Å²) in [6, 6.07) is 8.38. The van der Waals surface area contributed by atoms with Gasteiger partial charge < -0.3 is 10.1 Å². The number of thioether (sulfide) groups is 1. The van der Waals surface area contributed by atoms with E-state index in [1.54, 1.807) is 17.8 Å². The lowest BCUT2D eigenvalue weighted by Gasteiger charge is -2.17. The van der Waals surface area contributed by atoms with Crippen LogP contribution in [0.4, 0.5) is 28.0 Å². The van der Waals surface area contributed by atoms with E-state index in [2.05, 4.69) is 20.6 Å². The number of fused-ring (bicyclic) bond motifs is 1. The average molecular weight is 399 g/mol. The molecule has 0 aromatic heterocycles. The minimum atomic E-state index is -4.78. The first kappa shape index (κ1) is 19.0. The van der Waals surface area contributed by atoms with Crippen molar-refractivity contribution < 1.29 is 27.1 Å². The zero-order chi connectivity index (χ0) is 19.4. The Balaban J connectivity index is 1.62. The van der Waals surface area contributed by atoms with E-state index in [0.717, 1.165) is 22.8 Å². The molecule has 10 heteroatoms. The predicted molar refractivity (Wildman–Crippen MR) is 93.6 cm³/mol. The standard InChI is InChI=1S/C17H13F4N3O2S/c18-10-1-6-15-13(9-10)14(7-8-27-15)23-24-16(25)22-11-2-4-12(5-3-11)26-17(19,20)21/h1-6,9H,7-8H2,(H2,22,24,25)/b23-14+. The third kappa shape index (κ3) is 5.36. The largest absolute Gasteiger partial charge is 0.573 e. The molecule has 2 amide bonds. The van der Waals surface area contributed by atoms with E-state index in [9.17, 15) is 22.4 Å². The van der Waals surface area contributed by atoms with Crippen molar-refractivity contribution in [2.45, 2.75) is 17.7 Å². The predicted octanol–water partition coefficient (Wildman–Crippen LogP) is 4.75. The average Bonchev–Trinajstić information content (AvgIpc) is 2.60. The fourth-order valence-electron chi connectivity index (χ4n) is 2.38. The number of rotatable bonds is 3. The van der Waals surface area contributed by atoms with Gasteiger partial charge in [0.2, 0.25) is 0 Å². The number of amides is 2. The Morgan fingerprint density at radius 2 is 1.89 bits per heavy atom. The number of nitrogens with one attached hydrogen (secondary N) is 2. The highest BCUT2D eigenvalue weighted by Gasteiger charge is 2.31. The molecule has 0 saturated heterocycles. The summed E-state index contributed by atoms with van der Waals surface area (Å²) in [7, 11) is 0. The van der Waals surface area contributed by atoms with Crippen LogP contribution in [0.2, 0.25) is 0 Å². The molecule has 0 fully saturated rings. The third-order valence-electron chi connectivity index (χ3n) is 3.49. The fraction of sp³-hybridized carbons (Fsp3) is 0.176. The van der Waals surface area contributed by atoms with Gasteiger partial charge in [-0.3, -0.25) is 0 Å². The van der Waals surface area contributed by atoms with Gasteiger partial charge >= 0.3 is 12.4 Å². The van der Waals surface area contributed by atoms with Gasteiger partial charge in [0, 0.05) is 28.3 Å². The van der Waals surface area contributed by atoms with E-state index in [4.69, 9.17) is 0 Å². The Morgan fingerprint density at radius 3 is 2.59 bits per heavy atom. The summed E-state index contributed by atoms with van der Waals surface area (Å²) in [6.07, 6.45) is -4.22. The molecule has 0 atom stereocenters. The second-order valence-electron chi connectivity index (χ2n) is 5.44. The van der Waals surface area contributed by atoms with Gasteiger partial charge in [-0.05, 0) is 42.5 Å². The molecule has 5 nitrogen and oxygen atoms in total. The summed E-state index contributed by atoms with van der Waals surface area (Å²) in [6.45, 7) is 0. The molecule has 0 bridgehead atoms. The first-order valence-electron chi connectivity index (χ1n) is 7.72. The van der Waals surface area contributed by atoms with E-state index in [0.29, 0.717) is 17.7 Å². The van der Waals surface area contributed by atoms with Crippen LogP contribution < -0.4 is 15.5 Å². The van der Waals surface area contributed by atoms with E-state index in [1.807, 2.05) is 0 Å². The Hall–Kier alpha value is -2.75. The normalized spacial score (nSPS) is 15.2. The molecular weight excluding hydrogens is 386 g/mol. The van der Waals surface area contributed by atoms with Crippen molar-refractivity contribution in [1.29, 1.82) is 0 Å². The van der Waals surface area contributed by atoms with Gasteiger partial charge in [0.1, 0.15) is 11.6 Å². The maximum Gasteiger partial charge on any atom is 0.573 e. The van der Waals surface area contributed by atoms with Crippen molar-refractivity contribution in [3.63, 3.8) is 0 Å². The number of urea groups is 1. The smallest absolute Gasteiger partial charge is 0.406 e.